The number of hydrogen-bond donors (Lipinski definition) is 2. The number of nitrogens with zero attached hydrogens (tertiary/aromatic N) is 1. The Balaban J connectivity index is 1.71. The van der Waals surface area contributed by atoms with Crippen molar-refractivity contribution in [3.8, 4) is 0 Å². The number of hydrogen-bond acceptors (Lipinski definition) is 3. The third-order valence-electron chi connectivity index (χ3n) is 4.00. The van der Waals surface area contributed by atoms with Crippen LogP contribution in [0.25, 0.3) is 0 Å². The largest absolute Gasteiger partial charge is 0.352 e. The molecular formula is C13H25N3O. The Bertz CT molecular complexity index is 247. The van der Waals surface area contributed by atoms with Crippen LogP contribution in [0, 0.1) is 0 Å². The maximum atomic E-state index is 12.0. The van der Waals surface area contributed by atoms with Gasteiger partial charge in [0.05, 0.1) is 6.54 Å². The van der Waals surface area contributed by atoms with Gasteiger partial charge < -0.3 is 10.6 Å². The number of carbonyl (C=O) groups is 1. The SMILES string of the molecule is CCN(CC(=O)NC1CCCCC1)C1CNC1. The van der Waals surface area contributed by atoms with E-state index in [1.54, 1.807) is 0 Å². The average molecular weight is 239 g/mol. The quantitative estimate of drug-likeness (QED) is 0.743. The zero-order valence-electron chi connectivity index (χ0n) is 10.9. The lowest BCUT2D eigenvalue weighted by Gasteiger charge is -2.37. The van der Waals surface area contributed by atoms with Crippen molar-refractivity contribution in [1.82, 2.24) is 15.5 Å². The molecule has 0 spiro atoms. The fourth-order valence-corrected chi connectivity index (χ4v) is 2.74. The molecule has 1 aliphatic heterocycles. The maximum absolute atomic E-state index is 12.0. The van der Waals surface area contributed by atoms with E-state index in [1.165, 1.54) is 32.1 Å². The van der Waals surface area contributed by atoms with Gasteiger partial charge in [-0.1, -0.05) is 26.2 Å². The van der Waals surface area contributed by atoms with Crippen molar-refractivity contribution in [3.05, 3.63) is 0 Å². The fourth-order valence-electron chi connectivity index (χ4n) is 2.74. The van der Waals surface area contributed by atoms with Crippen molar-refractivity contribution in [2.24, 2.45) is 0 Å². The van der Waals surface area contributed by atoms with Crippen LogP contribution in [0.1, 0.15) is 39.0 Å². The molecule has 1 heterocycles. The second-order valence-electron chi connectivity index (χ2n) is 5.28. The molecule has 4 heteroatoms. The average Bonchev–Trinajstić information content (AvgIpc) is 2.27. The van der Waals surface area contributed by atoms with E-state index in [4.69, 9.17) is 0 Å². The van der Waals surface area contributed by atoms with Gasteiger partial charge in [-0.3, -0.25) is 9.69 Å². The molecule has 1 aliphatic carbocycles. The third-order valence-corrected chi connectivity index (χ3v) is 4.00. The molecular weight excluding hydrogens is 214 g/mol. The summed E-state index contributed by atoms with van der Waals surface area (Å²) in [6.07, 6.45) is 6.22. The smallest absolute Gasteiger partial charge is 0.234 e. The first-order valence-corrected chi connectivity index (χ1v) is 7.03. The summed E-state index contributed by atoms with van der Waals surface area (Å²) in [4.78, 5) is 14.2. The molecule has 0 atom stereocenters. The molecule has 4 nitrogen and oxygen atoms in total. The van der Waals surface area contributed by atoms with Crippen molar-refractivity contribution in [2.75, 3.05) is 26.2 Å². The molecule has 17 heavy (non-hydrogen) atoms. The van der Waals surface area contributed by atoms with Gasteiger partial charge in [0.1, 0.15) is 0 Å². The Kier molecular flexibility index (Phi) is 4.80. The lowest BCUT2D eigenvalue weighted by Crippen LogP contribution is -2.59. The molecule has 0 aromatic heterocycles. The molecule has 2 N–H and O–H groups in total. The van der Waals surface area contributed by atoms with Gasteiger partial charge in [0.25, 0.3) is 0 Å². The molecule has 2 rings (SSSR count). The van der Waals surface area contributed by atoms with E-state index in [2.05, 4.69) is 22.5 Å². The Morgan fingerprint density at radius 2 is 2.00 bits per heavy atom. The second kappa shape index (κ2) is 6.36. The summed E-state index contributed by atoms with van der Waals surface area (Å²) in [5.74, 6) is 0.214. The van der Waals surface area contributed by atoms with Crippen molar-refractivity contribution >= 4 is 5.91 Å². The minimum atomic E-state index is 0.214. The molecule has 98 valence electrons. The van der Waals surface area contributed by atoms with Crippen LogP contribution in [0.2, 0.25) is 0 Å². The minimum Gasteiger partial charge on any atom is -0.352 e. The first-order valence-electron chi connectivity index (χ1n) is 7.03. The third kappa shape index (κ3) is 3.68. The van der Waals surface area contributed by atoms with E-state index in [-0.39, 0.29) is 5.91 Å². The van der Waals surface area contributed by atoms with Crippen LogP contribution in [0.15, 0.2) is 0 Å². The van der Waals surface area contributed by atoms with E-state index < -0.39 is 0 Å². The standard InChI is InChI=1S/C13H25N3O/c1-2-16(12-8-14-9-12)10-13(17)15-11-6-4-3-5-7-11/h11-12,14H,2-10H2,1H3,(H,15,17). The van der Waals surface area contributed by atoms with Crippen molar-refractivity contribution in [2.45, 2.75) is 51.1 Å². The maximum Gasteiger partial charge on any atom is 0.234 e. The Hall–Kier alpha value is -0.610. The predicted octanol–water partition coefficient (Wildman–Crippen LogP) is 0.729. The van der Waals surface area contributed by atoms with E-state index in [0.717, 1.165) is 19.6 Å². The van der Waals surface area contributed by atoms with Crippen molar-refractivity contribution in [1.29, 1.82) is 0 Å². The first kappa shape index (κ1) is 12.8. The van der Waals surface area contributed by atoms with Crippen LogP contribution < -0.4 is 10.6 Å². The summed E-state index contributed by atoms with van der Waals surface area (Å²) in [5.41, 5.74) is 0. The van der Waals surface area contributed by atoms with Crippen LogP contribution in [0.3, 0.4) is 0 Å². The van der Waals surface area contributed by atoms with Crippen LogP contribution in [-0.4, -0.2) is 49.1 Å². The van der Waals surface area contributed by atoms with Gasteiger partial charge >= 0.3 is 0 Å². The van der Waals surface area contributed by atoms with E-state index in [9.17, 15) is 4.79 Å². The minimum absolute atomic E-state index is 0.214. The Morgan fingerprint density at radius 1 is 1.29 bits per heavy atom. The van der Waals surface area contributed by atoms with Gasteiger partial charge in [0, 0.05) is 25.2 Å². The summed E-state index contributed by atoms with van der Waals surface area (Å²) in [5, 5.41) is 6.44. The highest BCUT2D eigenvalue weighted by molar-refractivity contribution is 5.78. The van der Waals surface area contributed by atoms with Crippen molar-refractivity contribution < 1.29 is 4.79 Å². The predicted molar refractivity (Wildman–Crippen MR) is 68.9 cm³/mol. The van der Waals surface area contributed by atoms with Gasteiger partial charge in [0.2, 0.25) is 5.91 Å². The molecule has 1 saturated carbocycles. The number of carbonyl (C=O) groups excluding carboxylic acids is 1. The van der Waals surface area contributed by atoms with Gasteiger partial charge in [-0.15, -0.1) is 0 Å². The summed E-state index contributed by atoms with van der Waals surface area (Å²) in [7, 11) is 0. The zero-order valence-corrected chi connectivity index (χ0v) is 10.9. The summed E-state index contributed by atoms with van der Waals surface area (Å²) >= 11 is 0. The van der Waals surface area contributed by atoms with E-state index >= 15 is 0 Å². The Morgan fingerprint density at radius 3 is 2.53 bits per heavy atom. The van der Waals surface area contributed by atoms with Crippen LogP contribution >= 0.6 is 0 Å². The lowest BCUT2D eigenvalue weighted by atomic mass is 9.95. The topological polar surface area (TPSA) is 44.4 Å². The number of rotatable bonds is 5. The van der Waals surface area contributed by atoms with E-state index in [0.29, 0.717) is 18.6 Å². The highest BCUT2D eigenvalue weighted by Crippen LogP contribution is 2.17. The molecule has 0 unspecified atom stereocenters. The second-order valence-corrected chi connectivity index (χ2v) is 5.28. The molecule has 1 saturated heterocycles. The lowest BCUT2D eigenvalue weighted by molar-refractivity contribution is -0.123. The van der Waals surface area contributed by atoms with Gasteiger partial charge in [-0.25, -0.2) is 0 Å². The van der Waals surface area contributed by atoms with Crippen LogP contribution in [0.4, 0.5) is 0 Å². The van der Waals surface area contributed by atoms with Gasteiger partial charge in [-0.2, -0.15) is 0 Å². The summed E-state index contributed by atoms with van der Waals surface area (Å²) in [6.45, 7) is 5.73. The summed E-state index contributed by atoms with van der Waals surface area (Å²) in [6, 6.07) is 1.01. The molecule has 0 bridgehead atoms. The molecule has 0 aromatic rings. The van der Waals surface area contributed by atoms with E-state index in [1.807, 2.05) is 0 Å². The number of amides is 1. The summed E-state index contributed by atoms with van der Waals surface area (Å²) < 4.78 is 0. The van der Waals surface area contributed by atoms with Gasteiger partial charge in [0.15, 0.2) is 0 Å². The molecule has 0 radical (unpaired) electrons. The number of likely N-dealkylation sites (N-methyl/N-ethyl adjacent to an activating group) is 1. The highest BCUT2D eigenvalue weighted by atomic mass is 16.2. The molecule has 2 fully saturated rings. The van der Waals surface area contributed by atoms with Crippen molar-refractivity contribution in [3.63, 3.8) is 0 Å². The van der Waals surface area contributed by atoms with Gasteiger partial charge in [-0.05, 0) is 19.4 Å². The van der Waals surface area contributed by atoms with Crippen LogP contribution in [0.5, 0.6) is 0 Å². The fraction of sp³-hybridized carbons (Fsp3) is 0.923. The molecule has 1 amide bonds. The first-order chi connectivity index (χ1) is 8.29. The number of nitrogens with one attached hydrogen (secondary N) is 2. The highest BCUT2D eigenvalue weighted by Gasteiger charge is 2.25. The molecule has 2 aliphatic rings. The Labute approximate surface area is 104 Å². The monoisotopic (exact) mass is 239 g/mol. The molecule has 0 aromatic carbocycles. The van der Waals surface area contributed by atoms with Crippen LogP contribution in [-0.2, 0) is 4.79 Å². The zero-order chi connectivity index (χ0) is 12.1. The normalized spacial score (nSPS) is 22.5.